The van der Waals surface area contributed by atoms with Gasteiger partial charge in [0.25, 0.3) is 0 Å². The number of hydrogen-bond donors (Lipinski definition) is 2. The van der Waals surface area contributed by atoms with E-state index in [9.17, 15) is 0 Å². The summed E-state index contributed by atoms with van der Waals surface area (Å²) in [4.78, 5) is 2.41. The second-order valence-electron chi connectivity index (χ2n) is 5.66. The van der Waals surface area contributed by atoms with Crippen molar-refractivity contribution in [3.8, 4) is 0 Å². The summed E-state index contributed by atoms with van der Waals surface area (Å²) in [6.07, 6.45) is 4.40. The van der Waals surface area contributed by atoms with Gasteiger partial charge in [0.2, 0.25) is 0 Å². The van der Waals surface area contributed by atoms with E-state index >= 15 is 0 Å². The Morgan fingerprint density at radius 3 is 2.84 bits per heavy atom. The Balaban J connectivity index is 1.78. The van der Waals surface area contributed by atoms with Crippen LogP contribution in [-0.2, 0) is 6.42 Å². The number of rotatable bonds is 6. The van der Waals surface area contributed by atoms with E-state index in [0.29, 0.717) is 0 Å². The summed E-state index contributed by atoms with van der Waals surface area (Å²) >= 11 is 0. The second-order valence-corrected chi connectivity index (χ2v) is 5.66. The summed E-state index contributed by atoms with van der Waals surface area (Å²) in [7, 11) is 2.20. The third-order valence-electron chi connectivity index (χ3n) is 3.98. The molecule has 0 amide bonds. The number of nitrogens with one attached hydrogen (secondary N) is 1. The van der Waals surface area contributed by atoms with Crippen LogP contribution >= 0.6 is 0 Å². The van der Waals surface area contributed by atoms with Gasteiger partial charge in [-0.3, -0.25) is 0 Å². The van der Waals surface area contributed by atoms with Crippen LogP contribution in [0.5, 0.6) is 0 Å². The summed E-state index contributed by atoms with van der Waals surface area (Å²) in [6, 6.07) is 8.59. The Kier molecular flexibility index (Phi) is 5.67. The third kappa shape index (κ3) is 4.84. The van der Waals surface area contributed by atoms with Gasteiger partial charge < -0.3 is 15.3 Å². The second kappa shape index (κ2) is 7.51. The maximum atomic E-state index is 8.87. The molecule has 1 aliphatic rings. The normalized spacial score (nSPS) is 17.6. The zero-order valence-corrected chi connectivity index (χ0v) is 11.9. The van der Waals surface area contributed by atoms with E-state index in [2.05, 4.69) is 41.5 Å². The minimum atomic E-state index is 0.271. The molecule has 0 aliphatic carbocycles. The molecular weight excluding hydrogens is 236 g/mol. The van der Waals surface area contributed by atoms with Crippen molar-refractivity contribution in [2.75, 3.05) is 38.6 Å². The molecule has 19 heavy (non-hydrogen) atoms. The smallest absolute Gasteiger partial charge is 0.0434 e. The van der Waals surface area contributed by atoms with Crippen LogP contribution < -0.4 is 5.32 Å². The molecule has 2 rings (SSSR count). The molecule has 1 saturated heterocycles. The van der Waals surface area contributed by atoms with Crippen LogP contribution in [0.15, 0.2) is 24.3 Å². The molecule has 1 aliphatic heterocycles. The van der Waals surface area contributed by atoms with Gasteiger partial charge in [0.1, 0.15) is 0 Å². The molecule has 0 aromatic heterocycles. The fourth-order valence-electron chi connectivity index (χ4n) is 2.65. The number of nitrogens with zero attached hydrogens (tertiary/aromatic N) is 1. The molecule has 1 aromatic carbocycles. The van der Waals surface area contributed by atoms with E-state index in [0.717, 1.165) is 25.3 Å². The largest absolute Gasteiger partial charge is 0.396 e. The maximum absolute atomic E-state index is 8.87. The highest BCUT2D eigenvalue weighted by molar-refractivity contribution is 5.45. The van der Waals surface area contributed by atoms with Crippen LogP contribution in [0.3, 0.4) is 0 Å². The number of aryl methyl sites for hydroxylation is 1. The predicted octanol–water partition coefficient (Wildman–Crippen LogP) is 2.37. The van der Waals surface area contributed by atoms with Crippen molar-refractivity contribution >= 4 is 5.69 Å². The van der Waals surface area contributed by atoms with Gasteiger partial charge in [-0.15, -0.1) is 0 Å². The average Bonchev–Trinajstić information content (AvgIpc) is 2.45. The first-order valence-electron chi connectivity index (χ1n) is 7.40. The minimum Gasteiger partial charge on any atom is -0.396 e. The van der Waals surface area contributed by atoms with E-state index in [1.54, 1.807) is 0 Å². The Morgan fingerprint density at radius 2 is 2.11 bits per heavy atom. The van der Waals surface area contributed by atoms with Gasteiger partial charge in [-0.1, -0.05) is 12.1 Å². The molecule has 1 aromatic rings. The molecular formula is C16H26N2O. The molecule has 1 heterocycles. The summed E-state index contributed by atoms with van der Waals surface area (Å²) in [6.45, 7) is 3.80. The van der Waals surface area contributed by atoms with Crippen molar-refractivity contribution in [1.82, 2.24) is 4.90 Å². The molecule has 3 nitrogen and oxygen atoms in total. The predicted molar refractivity (Wildman–Crippen MR) is 80.6 cm³/mol. The highest BCUT2D eigenvalue weighted by atomic mass is 16.2. The number of aliphatic hydroxyl groups is 1. The summed E-state index contributed by atoms with van der Waals surface area (Å²) < 4.78 is 0. The van der Waals surface area contributed by atoms with Gasteiger partial charge in [-0.25, -0.2) is 0 Å². The van der Waals surface area contributed by atoms with Crippen LogP contribution in [0.2, 0.25) is 0 Å². The fourth-order valence-corrected chi connectivity index (χ4v) is 2.65. The van der Waals surface area contributed by atoms with Gasteiger partial charge in [0, 0.05) is 18.8 Å². The molecule has 0 radical (unpaired) electrons. The van der Waals surface area contributed by atoms with Crippen molar-refractivity contribution in [1.29, 1.82) is 0 Å². The van der Waals surface area contributed by atoms with Crippen molar-refractivity contribution < 1.29 is 5.11 Å². The van der Waals surface area contributed by atoms with Crippen molar-refractivity contribution in [3.05, 3.63) is 29.8 Å². The first kappa shape index (κ1) is 14.4. The molecule has 3 heteroatoms. The number of anilines is 1. The zero-order chi connectivity index (χ0) is 13.5. The SMILES string of the molecule is CN1CCC(CNc2cccc(CCCO)c2)CC1. The average molecular weight is 262 g/mol. The number of aliphatic hydroxyl groups excluding tert-OH is 1. The summed E-state index contributed by atoms with van der Waals surface area (Å²) in [5.41, 5.74) is 2.52. The van der Waals surface area contributed by atoms with E-state index in [-0.39, 0.29) is 6.61 Å². The molecule has 0 bridgehead atoms. The molecule has 0 unspecified atom stereocenters. The Bertz CT molecular complexity index is 373. The van der Waals surface area contributed by atoms with Crippen LogP contribution in [0.25, 0.3) is 0 Å². The lowest BCUT2D eigenvalue weighted by Gasteiger charge is -2.29. The van der Waals surface area contributed by atoms with Crippen LogP contribution in [0, 0.1) is 5.92 Å². The Hall–Kier alpha value is -1.06. The van der Waals surface area contributed by atoms with Gasteiger partial charge in [-0.2, -0.15) is 0 Å². The minimum absolute atomic E-state index is 0.271. The van der Waals surface area contributed by atoms with Crippen molar-refractivity contribution in [2.24, 2.45) is 5.92 Å². The Morgan fingerprint density at radius 1 is 1.32 bits per heavy atom. The molecule has 0 saturated carbocycles. The number of piperidine rings is 1. The van der Waals surface area contributed by atoms with Gasteiger partial charge in [0.15, 0.2) is 0 Å². The Labute approximate surface area is 116 Å². The van der Waals surface area contributed by atoms with E-state index < -0.39 is 0 Å². The van der Waals surface area contributed by atoms with E-state index in [1.165, 1.54) is 37.2 Å². The number of benzene rings is 1. The maximum Gasteiger partial charge on any atom is 0.0434 e. The topological polar surface area (TPSA) is 35.5 Å². The van der Waals surface area contributed by atoms with Crippen LogP contribution in [0.4, 0.5) is 5.69 Å². The first-order chi connectivity index (χ1) is 9.28. The van der Waals surface area contributed by atoms with Crippen LogP contribution in [0.1, 0.15) is 24.8 Å². The monoisotopic (exact) mass is 262 g/mol. The fraction of sp³-hybridized carbons (Fsp3) is 0.625. The lowest BCUT2D eigenvalue weighted by Crippen LogP contribution is -2.32. The third-order valence-corrected chi connectivity index (χ3v) is 3.98. The number of hydrogen-bond acceptors (Lipinski definition) is 3. The highest BCUT2D eigenvalue weighted by Gasteiger charge is 2.15. The van der Waals surface area contributed by atoms with E-state index in [1.807, 2.05) is 0 Å². The highest BCUT2D eigenvalue weighted by Crippen LogP contribution is 2.18. The molecule has 1 fully saturated rings. The lowest BCUT2D eigenvalue weighted by molar-refractivity contribution is 0.226. The standard InChI is InChI=1S/C16H26N2O/c1-18-9-7-15(8-10-18)13-17-16-6-2-4-14(12-16)5-3-11-19/h2,4,6,12,15,17,19H,3,5,7-11,13H2,1H3. The lowest BCUT2D eigenvalue weighted by atomic mass is 9.97. The van der Waals surface area contributed by atoms with Crippen LogP contribution in [-0.4, -0.2) is 43.3 Å². The summed E-state index contributed by atoms with van der Waals surface area (Å²) in [5, 5.41) is 12.4. The quantitative estimate of drug-likeness (QED) is 0.826. The zero-order valence-electron chi connectivity index (χ0n) is 11.9. The molecule has 0 atom stereocenters. The van der Waals surface area contributed by atoms with Gasteiger partial charge in [0.05, 0.1) is 0 Å². The molecule has 0 spiro atoms. The van der Waals surface area contributed by atoms with Gasteiger partial charge in [-0.05, 0) is 69.4 Å². The van der Waals surface area contributed by atoms with Gasteiger partial charge >= 0.3 is 0 Å². The molecule has 106 valence electrons. The van der Waals surface area contributed by atoms with E-state index in [4.69, 9.17) is 5.11 Å². The molecule has 2 N–H and O–H groups in total. The summed E-state index contributed by atoms with van der Waals surface area (Å²) in [5.74, 6) is 0.803. The first-order valence-corrected chi connectivity index (χ1v) is 7.40. The van der Waals surface area contributed by atoms with Crippen molar-refractivity contribution in [3.63, 3.8) is 0 Å². The number of likely N-dealkylation sites (tertiary alicyclic amines) is 1. The van der Waals surface area contributed by atoms with Crippen molar-refractivity contribution in [2.45, 2.75) is 25.7 Å².